The topological polar surface area (TPSA) is 60.2 Å². The van der Waals surface area contributed by atoms with Gasteiger partial charge in [-0.2, -0.15) is 0 Å². The summed E-state index contributed by atoms with van der Waals surface area (Å²) in [5.41, 5.74) is 0.995. The van der Waals surface area contributed by atoms with Gasteiger partial charge in [-0.25, -0.2) is 4.98 Å². The van der Waals surface area contributed by atoms with Crippen molar-refractivity contribution in [1.82, 2.24) is 4.98 Å². The number of hydrogen-bond donors (Lipinski definition) is 0. The fourth-order valence-electron chi connectivity index (χ4n) is 1.88. The van der Waals surface area contributed by atoms with Crippen molar-refractivity contribution < 1.29 is 9.21 Å². The second-order valence-electron chi connectivity index (χ2n) is 4.06. The molecule has 0 radical (unpaired) electrons. The Morgan fingerprint density at radius 3 is 2.78 bits per heavy atom. The number of ketones is 1. The number of nitrogens with zero attached hydrogens (tertiary/aromatic N) is 1. The van der Waals surface area contributed by atoms with E-state index in [0.717, 1.165) is 0 Å². The Hall–Kier alpha value is -2.49. The first-order valence-electron chi connectivity index (χ1n) is 5.49. The lowest BCUT2D eigenvalue weighted by molar-refractivity contribution is 0.101. The van der Waals surface area contributed by atoms with E-state index in [1.165, 1.54) is 19.2 Å². The second kappa shape index (κ2) is 3.77. The Morgan fingerprint density at radius 1 is 1.22 bits per heavy atom. The van der Waals surface area contributed by atoms with Crippen LogP contribution in [0.2, 0.25) is 0 Å². The van der Waals surface area contributed by atoms with Crippen LogP contribution in [-0.2, 0) is 0 Å². The molecule has 2 heterocycles. The summed E-state index contributed by atoms with van der Waals surface area (Å²) < 4.78 is 5.54. The second-order valence-corrected chi connectivity index (χ2v) is 4.06. The first kappa shape index (κ1) is 10.7. The Morgan fingerprint density at radius 2 is 2.00 bits per heavy atom. The van der Waals surface area contributed by atoms with E-state index in [4.69, 9.17) is 4.42 Å². The number of hydrogen-bond acceptors (Lipinski definition) is 4. The zero-order valence-corrected chi connectivity index (χ0v) is 9.64. The average molecular weight is 239 g/mol. The minimum absolute atomic E-state index is 0.128. The quantitative estimate of drug-likeness (QED) is 0.483. The molecule has 0 bridgehead atoms. The van der Waals surface area contributed by atoms with Gasteiger partial charge in [0.15, 0.2) is 5.78 Å². The maximum atomic E-state index is 12.3. The SMILES string of the molecule is CC(=O)c1cnc2oc3ccccc3c(=O)c2c1. The van der Waals surface area contributed by atoms with Gasteiger partial charge in [-0.05, 0) is 25.1 Å². The van der Waals surface area contributed by atoms with Crippen LogP contribution in [0, 0.1) is 0 Å². The molecule has 4 nitrogen and oxygen atoms in total. The fraction of sp³-hybridized carbons (Fsp3) is 0.0714. The summed E-state index contributed by atoms with van der Waals surface area (Å²) >= 11 is 0. The third-order valence-electron chi connectivity index (χ3n) is 2.84. The number of pyridine rings is 1. The van der Waals surface area contributed by atoms with E-state index in [2.05, 4.69) is 4.98 Å². The van der Waals surface area contributed by atoms with Gasteiger partial charge in [0, 0.05) is 11.8 Å². The average Bonchev–Trinajstić information content (AvgIpc) is 2.38. The van der Waals surface area contributed by atoms with E-state index in [1.54, 1.807) is 24.3 Å². The molecule has 0 aliphatic carbocycles. The van der Waals surface area contributed by atoms with Crippen LogP contribution < -0.4 is 5.43 Å². The van der Waals surface area contributed by atoms with Crippen LogP contribution in [0.15, 0.2) is 45.7 Å². The van der Waals surface area contributed by atoms with Gasteiger partial charge in [-0.3, -0.25) is 9.59 Å². The van der Waals surface area contributed by atoms with Crippen LogP contribution in [-0.4, -0.2) is 10.8 Å². The number of benzene rings is 1. The number of para-hydroxylation sites is 1. The van der Waals surface area contributed by atoms with E-state index >= 15 is 0 Å². The monoisotopic (exact) mass is 239 g/mol. The summed E-state index contributed by atoms with van der Waals surface area (Å²) in [6.45, 7) is 1.44. The van der Waals surface area contributed by atoms with Crippen molar-refractivity contribution in [2.75, 3.05) is 0 Å². The van der Waals surface area contributed by atoms with E-state index in [0.29, 0.717) is 21.9 Å². The molecule has 0 N–H and O–H groups in total. The van der Waals surface area contributed by atoms with Crippen LogP contribution in [0.3, 0.4) is 0 Å². The highest BCUT2D eigenvalue weighted by Crippen LogP contribution is 2.17. The van der Waals surface area contributed by atoms with Gasteiger partial charge in [-0.1, -0.05) is 12.1 Å². The lowest BCUT2D eigenvalue weighted by Gasteiger charge is -2.01. The Labute approximate surface area is 102 Å². The summed E-state index contributed by atoms with van der Waals surface area (Å²) in [7, 11) is 0. The first-order valence-corrected chi connectivity index (χ1v) is 5.49. The molecule has 18 heavy (non-hydrogen) atoms. The number of carbonyl (C=O) groups is 1. The third kappa shape index (κ3) is 1.50. The van der Waals surface area contributed by atoms with Crippen LogP contribution in [0.5, 0.6) is 0 Å². The lowest BCUT2D eigenvalue weighted by Crippen LogP contribution is -2.04. The highest BCUT2D eigenvalue weighted by atomic mass is 16.3. The van der Waals surface area contributed by atoms with Gasteiger partial charge in [0.1, 0.15) is 5.58 Å². The molecule has 0 saturated heterocycles. The van der Waals surface area contributed by atoms with Crippen molar-refractivity contribution in [3.05, 3.63) is 52.3 Å². The Kier molecular flexibility index (Phi) is 2.23. The predicted octanol–water partition coefficient (Wildman–Crippen LogP) is 2.54. The summed E-state index contributed by atoms with van der Waals surface area (Å²) in [4.78, 5) is 27.6. The highest BCUT2D eigenvalue weighted by molar-refractivity contribution is 5.97. The van der Waals surface area contributed by atoms with Gasteiger partial charge >= 0.3 is 0 Å². The molecule has 88 valence electrons. The van der Waals surface area contributed by atoms with Gasteiger partial charge in [0.05, 0.1) is 10.8 Å². The molecular weight excluding hydrogens is 230 g/mol. The molecule has 0 spiro atoms. The minimum Gasteiger partial charge on any atom is -0.437 e. The minimum atomic E-state index is -0.164. The summed E-state index contributed by atoms with van der Waals surface area (Å²) in [6, 6.07) is 8.51. The largest absolute Gasteiger partial charge is 0.437 e. The number of fused-ring (bicyclic) bond motifs is 2. The Bertz CT molecular complexity index is 833. The van der Waals surface area contributed by atoms with Crippen molar-refractivity contribution in [1.29, 1.82) is 0 Å². The predicted molar refractivity (Wildman–Crippen MR) is 67.8 cm³/mol. The maximum Gasteiger partial charge on any atom is 0.230 e. The molecule has 2 aromatic heterocycles. The summed E-state index contributed by atoms with van der Waals surface area (Å²) in [6.07, 6.45) is 1.42. The van der Waals surface area contributed by atoms with Crippen molar-refractivity contribution in [2.24, 2.45) is 0 Å². The molecule has 3 rings (SSSR count). The van der Waals surface area contributed by atoms with E-state index in [1.807, 2.05) is 0 Å². The molecule has 0 atom stereocenters. The molecule has 0 aliphatic rings. The van der Waals surface area contributed by atoms with Crippen molar-refractivity contribution in [3.63, 3.8) is 0 Å². The molecule has 0 saturated carbocycles. The standard InChI is InChI=1S/C14H9NO3/c1-8(16)9-6-11-13(17)10-4-2-3-5-12(10)18-14(11)15-7-9/h2-7H,1H3. The van der Waals surface area contributed by atoms with Crippen LogP contribution in [0.25, 0.3) is 22.1 Å². The molecule has 0 fully saturated rings. The smallest absolute Gasteiger partial charge is 0.230 e. The first-order chi connectivity index (χ1) is 8.66. The van der Waals surface area contributed by atoms with E-state index in [9.17, 15) is 9.59 Å². The number of carbonyl (C=O) groups excluding carboxylic acids is 1. The molecule has 0 amide bonds. The van der Waals surface area contributed by atoms with Gasteiger partial charge < -0.3 is 4.42 Å². The number of aromatic nitrogens is 1. The van der Waals surface area contributed by atoms with Crippen LogP contribution in [0.4, 0.5) is 0 Å². The van der Waals surface area contributed by atoms with Gasteiger partial charge in [-0.15, -0.1) is 0 Å². The molecular formula is C14H9NO3. The van der Waals surface area contributed by atoms with E-state index in [-0.39, 0.29) is 16.9 Å². The van der Waals surface area contributed by atoms with Crippen LogP contribution >= 0.6 is 0 Å². The molecule has 0 unspecified atom stereocenters. The normalized spacial score (nSPS) is 10.9. The van der Waals surface area contributed by atoms with Crippen molar-refractivity contribution in [2.45, 2.75) is 6.92 Å². The van der Waals surface area contributed by atoms with Crippen LogP contribution in [0.1, 0.15) is 17.3 Å². The lowest BCUT2D eigenvalue weighted by atomic mass is 10.1. The van der Waals surface area contributed by atoms with Crippen molar-refractivity contribution >= 4 is 27.9 Å². The maximum absolute atomic E-state index is 12.3. The molecule has 0 aliphatic heterocycles. The molecule has 3 aromatic rings. The fourth-order valence-corrected chi connectivity index (χ4v) is 1.88. The van der Waals surface area contributed by atoms with E-state index < -0.39 is 0 Å². The van der Waals surface area contributed by atoms with Gasteiger partial charge in [0.25, 0.3) is 0 Å². The Balaban J connectivity index is 2.49. The third-order valence-corrected chi connectivity index (χ3v) is 2.84. The summed E-state index contributed by atoms with van der Waals surface area (Å²) in [5, 5.41) is 0.828. The zero-order valence-electron chi connectivity index (χ0n) is 9.64. The number of rotatable bonds is 1. The zero-order chi connectivity index (χ0) is 12.7. The van der Waals surface area contributed by atoms with Crippen molar-refractivity contribution in [3.8, 4) is 0 Å². The molecule has 4 heteroatoms. The number of Topliss-reactive ketones (excluding diaryl/α,β-unsaturated/α-hetero) is 1. The molecule has 1 aromatic carbocycles. The highest BCUT2D eigenvalue weighted by Gasteiger charge is 2.10. The summed E-state index contributed by atoms with van der Waals surface area (Å²) in [5.74, 6) is -0.128. The van der Waals surface area contributed by atoms with Gasteiger partial charge in [0.2, 0.25) is 11.1 Å².